The molecule has 2 saturated carbocycles. The average molecular weight is 380 g/mol. The van der Waals surface area contributed by atoms with E-state index in [1.54, 1.807) is 0 Å². The van der Waals surface area contributed by atoms with Gasteiger partial charge >= 0.3 is 12.2 Å². The Morgan fingerprint density at radius 2 is 2.07 bits per heavy atom. The van der Waals surface area contributed by atoms with Crippen LogP contribution in [0.5, 0.6) is 0 Å². The van der Waals surface area contributed by atoms with E-state index in [2.05, 4.69) is 31.3 Å². The van der Waals surface area contributed by atoms with Crippen LogP contribution in [0.3, 0.4) is 0 Å². The van der Waals surface area contributed by atoms with E-state index in [0.717, 1.165) is 25.0 Å². The Hall–Kier alpha value is -2.65. The number of aromatic nitrogens is 4. The van der Waals surface area contributed by atoms with E-state index in [1.807, 2.05) is 0 Å². The Morgan fingerprint density at radius 3 is 2.67 bits per heavy atom. The fraction of sp³-hybridized carbons (Fsp3) is 0.529. The normalized spacial score (nSPS) is 19.8. The second-order valence-corrected chi connectivity index (χ2v) is 7.40. The summed E-state index contributed by atoms with van der Waals surface area (Å²) in [4.78, 5) is 12.4. The number of nitrogens with one attached hydrogen (secondary N) is 3. The van der Waals surface area contributed by atoms with E-state index >= 15 is 0 Å². The third-order valence-corrected chi connectivity index (χ3v) is 5.55. The molecule has 7 nitrogen and oxygen atoms in total. The molecule has 1 aromatic heterocycles. The monoisotopic (exact) mass is 380 g/mol. The summed E-state index contributed by atoms with van der Waals surface area (Å²) in [6.07, 6.45) is 1.09. The van der Waals surface area contributed by atoms with Crippen molar-refractivity contribution < 1.29 is 18.0 Å². The van der Waals surface area contributed by atoms with E-state index in [9.17, 15) is 18.0 Å². The zero-order chi connectivity index (χ0) is 19.1. The molecule has 1 atom stereocenters. The van der Waals surface area contributed by atoms with Crippen molar-refractivity contribution in [3.05, 3.63) is 41.2 Å². The van der Waals surface area contributed by atoms with Gasteiger partial charge in [-0.3, -0.25) is 0 Å². The predicted molar refractivity (Wildman–Crippen MR) is 88.4 cm³/mol. The Kier molecular flexibility index (Phi) is 4.27. The molecule has 2 aliphatic carbocycles. The number of carbonyl (C=O) groups is 1. The van der Waals surface area contributed by atoms with Crippen LogP contribution in [0.1, 0.15) is 55.1 Å². The molecule has 0 saturated heterocycles. The number of carbonyl (C=O) groups excluding carboxylic acids is 1. The van der Waals surface area contributed by atoms with Gasteiger partial charge in [0.15, 0.2) is 0 Å². The van der Waals surface area contributed by atoms with Crippen LogP contribution in [0.25, 0.3) is 0 Å². The van der Waals surface area contributed by atoms with Gasteiger partial charge in [-0.25, -0.2) is 4.79 Å². The summed E-state index contributed by atoms with van der Waals surface area (Å²) >= 11 is 0. The molecular formula is C17H19F3N6O. The number of nitrogens with zero attached hydrogens (tertiary/aromatic N) is 3. The van der Waals surface area contributed by atoms with Crippen molar-refractivity contribution in [1.82, 2.24) is 31.3 Å². The number of urea groups is 1. The third kappa shape index (κ3) is 3.60. The minimum Gasteiger partial charge on any atom is -0.335 e. The van der Waals surface area contributed by atoms with Crippen LogP contribution < -0.4 is 10.6 Å². The van der Waals surface area contributed by atoms with Crippen molar-refractivity contribution in [3.8, 4) is 0 Å². The summed E-state index contributed by atoms with van der Waals surface area (Å²) in [7, 11) is 0. The predicted octanol–water partition coefficient (Wildman–Crippen LogP) is 2.94. The van der Waals surface area contributed by atoms with Gasteiger partial charge in [0.1, 0.15) is 6.04 Å². The largest absolute Gasteiger partial charge is 0.416 e. The van der Waals surface area contributed by atoms with Gasteiger partial charge in [0.05, 0.1) is 5.56 Å². The standard InChI is InChI=1S/C17H19F3N6O/c18-17(19,20)11-4-1-3-10(7-11)13(14-23-25-26-24-14)22-15(27)21-12-8-16(9-12)5-2-6-16/h1,3-4,7,12-13H,2,5-6,8-9H2,(H2,21,22,27)(H,23,24,25,26). The molecule has 0 radical (unpaired) electrons. The number of alkyl halides is 3. The fourth-order valence-corrected chi connectivity index (χ4v) is 4.01. The molecule has 1 aromatic carbocycles. The highest BCUT2D eigenvalue weighted by molar-refractivity contribution is 5.75. The number of aromatic amines is 1. The quantitative estimate of drug-likeness (QED) is 0.760. The van der Waals surface area contributed by atoms with Gasteiger partial charge in [0.25, 0.3) is 0 Å². The van der Waals surface area contributed by atoms with Gasteiger partial charge in [-0.2, -0.15) is 18.4 Å². The number of benzene rings is 1. The summed E-state index contributed by atoms with van der Waals surface area (Å²) in [5, 5.41) is 18.9. The van der Waals surface area contributed by atoms with Crippen molar-refractivity contribution in [2.75, 3.05) is 0 Å². The number of hydrogen-bond acceptors (Lipinski definition) is 4. The zero-order valence-electron chi connectivity index (χ0n) is 14.4. The van der Waals surface area contributed by atoms with Gasteiger partial charge < -0.3 is 10.6 Å². The average Bonchev–Trinajstić information content (AvgIpc) is 3.07. The molecule has 0 bridgehead atoms. The Morgan fingerprint density at radius 1 is 1.30 bits per heavy atom. The molecule has 0 aliphatic heterocycles. The van der Waals surface area contributed by atoms with Gasteiger partial charge in [-0.05, 0) is 48.8 Å². The van der Waals surface area contributed by atoms with E-state index in [0.29, 0.717) is 5.41 Å². The van der Waals surface area contributed by atoms with Crippen LogP contribution in [0.2, 0.25) is 0 Å². The number of tetrazole rings is 1. The van der Waals surface area contributed by atoms with E-state index in [4.69, 9.17) is 0 Å². The van der Waals surface area contributed by atoms with Gasteiger partial charge in [-0.15, -0.1) is 10.2 Å². The molecule has 2 fully saturated rings. The molecule has 27 heavy (non-hydrogen) atoms. The summed E-state index contributed by atoms with van der Waals surface area (Å²) in [5.41, 5.74) is -0.168. The SMILES string of the molecule is O=C(NC1CC2(CCC2)C1)NC(c1cccc(C(F)(F)F)c1)c1nn[nH]n1. The lowest BCUT2D eigenvalue weighted by molar-refractivity contribution is -0.137. The molecule has 4 rings (SSSR count). The Labute approximate surface area is 153 Å². The molecule has 2 aliphatic rings. The van der Waals surface area contributed by atoms with E-state index in [-0.39, 0.29) is 17.4 Å². The molecular weight excluding hydrogens is 361 g/mol. The smallest absolute Gasteiger partial charge is 0.335 e. The number of rotatable bonds is 4. The molecule has 1 unspecified atom stereocenters. The maximum absolute atomic E-state index is 13.0. The van der Waals surface area contributed by atoms with Crippen LogP contribution in [0, 0.1) is 5.41 Å². The highest BCUT2D eigenvalue weighted by Gasteiger charge is 2.48. The lowest BCUT2D eigenvalue weighted by Crippen LogP contribution is -2.55. The highest BCUT2D eigenvalue weighted by Crippen LogP contribution is 2.55. The summed E-state index contributed by atoms with van der Waals surface area (Å²) in [6.45, 7) is 0. The lowest BCUT2D eigenvalue weighted by Gasteiger charge is -2.54. The van der Waals surface area contributed by atoms with E-state index in [1.165, 1.54) is 31.4 Å². The minimum atomic E-state index is -4.48. The minimum absolute atomic E-state index is 0.0912. The number of H-pyrrole nitrogens is 1. The summed E-state index contributed by atoms with van der Waals surface area (Å²) < 4.78 is 39.1. The highest BCUT2D eigenvalue weighted by atomic mass is 19.4. The number of halogens is 3. The summed E-state index contributed by atoms with van der Waals surface area (Å²) in [6, 6.07) is 3.43. The van der Waals surface area contributed by atoms with Crippen molar-refractivity contribution in [3.63, 3.8) is 0 Å². The first kappa shape index (κ1) is 17.7. The molecule has 2 aromatic rings. The third-order valence-electron chi connectivity index (χ3n) is 5.55. The lowest BCUT2D eigenvalue weighted by atomic mass is 9.54. The second kappa shape index (κ2) is 6.50. The number of amides is 2. The van der Waals surface area contributed by atoms with Crippen LogP contribution in [0.4, 0.5) is 18.0 Å². The van der Waals surface area contributed by atoms with Crippen LogP contribution in [-0.4, -0.2) is 32.7 Å². The van der Waals surface area contributed by atoms with Gasteiger partial charge in [0, 0.05) is 6.04 Å². The van der Waals surface area contributed by atoms with Crippen molar-refractivity contribution >= 4 is 6.03 Å². The molecule has 3 N–H and O–H groups in total. The molecule has 1 heterocycles. The Bertz CT molecular complexity index is 810. The first-order valence-corrected chi connectivity index (χ1v) is 8.82. The first-order chi connectivity index (χ1) is 12.8. The van der Waals surface area contributed by atoms with Gasteiger partial charge in [-0.1, -0.05) is 23.8 Å². The molecule has 1 spiro atoms. The van der Waals surface area contributed by atoms with Crippen LogP contribution in [-0.2, 0) is 6.18 Å². The van der Waals surface area contributed by atoms with Crippen molar-refractivity contribution in [2.45, 2.75) is 50.4 Å². The van der Waals surface area contributed by atoms with E-state index < -0.39 is 23.8 Å². The molecule has 10 heteroatoms. The second-order valence-electron chi connectivity index (χ2n) is 7.40. The molecule has 2 amide bonds. The van der Waals surface area contributed by atoms with Crippen LogP contribution in [0.15, 0.2) is 24.3 Å². The number of hydrogen-bond donors (Lipinski definition) is 3. The van der Waals surface area contributed by atoms with Crippen molar-refractivity contribution in [1.29, 1.82) is 0 Å². The van der Waals surface area contributed by atoms with Gasteiger partial charge in [0.2, 0.25) is 5.82 Å². The van der Waals surface area contributed by atoms with Crippen molar-refractivity contribution in [2.24, 2.45) is 5.41 Å². The topological polar surface area (TPSA) is 95.6 Å². The Balaban J connectivity index is 1.48. The molecule has 144 valence electrons. The first-order valence-electron chi connectivity index (χ1n) is 8.82. The summed E-state index contributed by atoms with van der Waals surface area (Å²) in [5.74, 6) is 0.0912. The fourth-order valence-electron chi connectivity index (χ4n) is 4.01. The maximum atomic E-state index is 13.0. The van der Waals surface area contributed by atoms with Crippen LogP contribution >= 0.6 is 0 Å². The maximum Gasteiger partial charge on any atom is 0.416 e. The zero-order valence-corrected chi connectivity index (χ0v) is 14.4.